The monoisotopic (exact) mass is 448 g/mol. The molecular formula is C23H36N4O5. The maximum absolute atomic E-state index is 12.9. The smallest absolute Gasteiger partial charge is 0.308 e. The van der Waals surface area contributed by atoms with Crippen LogP contribution in [0, 0.1) is 11.8 Å². The van der Waals surface area contributed by atoms with E-state index in [1.807, 2.05) is 13.8 Å². The number of rotatable bonds is 14. The molecule has 2 atom stereocenters. The first kappa shape index (κ1) is 27.1. The van der Waals surface area contributed by atoms with Gasteiger partial charge in [-0.3, -0.25) is 19.2 Å². The molecule has 4 N–H and O–H groups in total. The van der Waals surface area contributed by atoms with E-state index in [-0.39, 0.29) is 36.2 Å². The Balaban J connectivity index is 2.77. The van der Waals surface area contributed by atoms with Crippen LogP contribution in [0.2, 0.25) is 0 Å². The summed E-state index contributed by atoms with van der Waals surface area (Å²) in [7, 11) is 1.70. The minimum absolute atomic E-state index is 0.0535. The molecule has 0 aliphatic carbocycles. The molecule has 3 amide bonds. The zero-order valence-corrected chi connectivity index (χ0v) is 19.6. The van der Waals surface area contributed by atoms with E-state index < -0.39 is 12.1 Å². The van der Waals surface area contributed by atoms with Crippen LogP contribution < -0.4 is 21.3 Å². The highest BCUT2D eigenvalue weighted by Crippen LogP contribution is 2.13. The van der Waals surface area contributed by atoms with Gasteiger partial charge in [-0.1, -0.05) is 39.8 Å². The fraction of sp³-hybridized carbons (Fsp3) is 0.565. The molecular weight excluding hydrogens is 412 g/mol. The van der Waals surface area contributed by atoms with Crippen molar-refractivity contribution in [3.05, 3.63) is 29.8 Å². The number of likely N-dealkylation sites (N-methyl/N-ethyl adjacent to an activating group) is 1. The zero-order valence-electron chi connectivity index (χ0n) is 19.6. The third-order valence-electron chi connectivity index (χ3n) is 4.86. The number of esters is 1. The molecule has 0 aliphatic rings. The van der Waals surface area contributed by atoms with Gasteiger partial charge in [-0.05, 0) is 43.5 Å². The molecule has 9 heteroatoms. The van der Waals surface area contributed by atoms with E-state index in [1.165, 1.54) is 0 Å². The van der Waals surface area contributed by atoms with E-state index in [2.05, 4.69) is 21.3 Å². The number of carbonyl (C=O) groups excluding carboxylic acids is 4. The standard InChI is InChI=1S/C23H36N4O5/c1-15(2)20(24-5)22(30)27-19(7-6-12-25-14-28)21(29)26-18-10-8-17(9-11-18)13-32-23(31)16(3)4/h8-11,14-16,19-20,24H,6-7,12-13H2,1-5H3,(H,25,28)(H,26,29)(H,27,30). The molecule has 2 unspecified atom stereocenters. The van der Waals surface area contributed by atoms with Crippen LogP contribution >= 0.6 is 0 Å². The van der Waals surface area contributed by atoms with E-state index in [0.29, 0.717) is 31.5 Å². The number of benzene rings is 1. The van der Waals surface area contributed by atoms with Gasteiger partial charge < -0.3 is 26.0 Å². The average molecular weight is 449 g/mol. The molecule has 0 heterocycles. The van der Waals surface area contributed by atoms with Crippen molar-refractivity contribution in [3.8, 4) is 0 Å². The first-order valence-corrected chi connectivity index (χ1v) is 10.9. The molecule has 0 saturated carbocycles. The maximum Gasteiger partial charge on any atom is 0.308 e. The third-order valence-corrected chi connectivity index (χ3v) is 4.86. The second-order valence-corrected chi connectivity index (χ2v) is 8.23. The number of amides is 3. The molecule has 0 radical (unpaired) electrons. The first-order valence-electron chi connectivity index (χ1n) is 10.9. The van der Waals surface area contributed by atoms with Gasteiger partial charge >= 0.3 is 5.97 Å². The highest BCUT2D eigenvalue weighted by Gasteiger charge is 2.26. The van der Waals surface area contributed by atoms with Crippen LogP contribution in [-0.4, -0.2) is 49.9 Å². The second-order valence-electron chi connectivity index (χ2n) is 8.23. The summed E-state index contributed by atoms with van der Waals surface area (Å²) in [4.78, 5) is 47.5. The van der Waals surface area contributed by atoms with Crippen molar-refractivity contribution in [1.29, 1.82) is 0 Å². The Morgan fingerprint density at radius 3 is 2.22 bits per heavy atom. The molecule has 0 bridgehead atoms. The fourth-order valence-corrected chi connectivity index (χ4v) is 3.00. The summed E-state index contributed by atoms with van der Waals surface area (Å²) in [6, 6.07) is 5.78. The molecule has 178 valence electrons. The van der Waals surface area contributed by atoms with Crippen LogP contribution in [0.25, 0.3) is 0 Å². The molecule has 0 saturated heterocycles. The van der Waals surface area contributed by atoms with Gasteiger partial charge in [0.05, 0.1) is 12.0 Å². The van der Waals surface area contributed by atoms with Gasteiger partial charge in [0, 0.05) is 12.2 Å². The molecule has 1 rings (SSSR count). The number of ether oxygens (including phenoxy) is 1. The van der Waals surface area contributed by atoms with Crippen LogP contribution in [0.3, 0.4) is 0 Å². The Bertz CT molecular complexity index is 749. The van der Waals surface area contributed by atoms with E-state index in [9.17, 15) is 19.2 Å². The van der Waals surface area contributed by atoms with Crippen molar-refractivity contribution >= 4 is 29.9 Å². The largest absolute Gasteiger partial charge is 0.461 e. The zero-order chi connectivity index (χ0) is 24.1. The van der Waals surface area contributed by atoms with Crippen molar-refractivity contribution in [1.82, 2.24) is 16.0 Å². The van der Waals surface area contributed by atoms with Gasteiger partial charge in [0.1, 0.15) is 12.6 Å². The number of hydrogen-bond acceptors (Lipinski definition) is 6. The minimum Gasteiger partial charge on any atom is -0.461 e. The van der Waals surface area contributed by atoms with Gasteiger partial charge in [-0.25, -0.2) is 0 Å². The summed E-state index contributed by atoms with van der Waals surface area (Å²) in [5.41, 5.74) is 1.36. The highest BCUT2D eigenvalue weighted by molar-refractivity contribution is 5.97. The fourth-order valence-electron chi connectivity index (χ4n) is 3.00. The average Bonchev–Trinajstić information content (AvgIpc) is 2.75. The Morgan fingerprint density at radius 2 is 1.69 bits per heavy atom. The summed E-state index contributed by atoms with van der Waals surface area (Å²) in [5, 5.41) is 11.2. The summed E-state index contributed by atoms with van der Waals surface area (Å²) in [6.07, 6.45) is 1.50. The molecule has 9 nitrogen and oxygen atoms in total. The molecule has 0 aliphatic heterocycles. The Morgan fingerprint density at radius 1 is 1.03 bits per heavy atom. The third kappa shape index (κ3) is 9.47. The molecule has 0 spiro atoms. The first-order chi connectivity index (χ1) is 15.2. The molecule has 1 aromatic rings. The summed E-state index contributed by atoms with van der Waals surface area (Å²) >= 11 is 0. The Kier molecular flexibility index (Phi) is 12.0. The van der Waals surface area contributed by atoms with Gasteiger partial charge in [-0.2, -0.15) is 0 Å². The lowest BCUT2D eigenvalue weighted by molar-refractivity contribution is -0.148. The maximum atomic E-state index is 12.9. The Labute approximate surface area is 190 Å². The van der Waals surface area contributed by atoms with E-state index in [4.69, 9.17) is 4.74 Å². The molecule has 0 fully saturated rings. The van der Waals surface area contributed by atoms with E-state index >= 15 is 0 Å². The van der Waals surface area contributed by atoms with Gasteiger partial charge in [0.2, 0.25) is 18.2 Å². The lowest BCUT2D eigenvalue weighted by Gasteiger charge is -2.24. The van der Waals surface area contributed by atoms with Crippen LogP contribution in [-0.2, 0) is 30.5 Å². The van der Waals surface area contributed by atoms with Gasteiger partial charge in [0.25, 0.3) is 0 Å². The summed E-state index contributed by atoms with van der Waals surface area (Å²) in [5.74, 6) is -1.01. The van der Waals surface area contributed by atoms with E-state index in [1.54, 1.807) is 45.2 Å². The van der Waals surface area contributed by atoms with Crippen molar-refractivity contribution in [3.63, 3.8) is 0 Å². The van der Waals surface area contributed by atoms with Gasteiger partial charge in [0.15, 0.2) is 0 Å². The molecule has 1 aromatic carbocycles. The van der Waals surface area contributed by atoms with Crippen molar-refractivity contribution < 1.29 is 23.9 Å². The SMILES string of the molecule is CNC(C(=O)NC(CCCNC=O)C(=O)Nc1ccc(COC(=O)C(C)C)cc1)C(C)C. The number of carbonyl (C=O) groups is 4. The lowest BCUT2D eigenvalue weighted by Crippen LogP contribution is -2.52. The van der Waals surface area contributed by atoms with Gasteiger partial charge in [-0.15, -0.1) is 0 Å². The number of hydrogen-bond donors (Lipinski definition) is 4. The lowest BCUT2D eigenvalue weighted by atomic mass is 10.0. The van der Waals surface area contributed by atoms with Crippen LogP contribution in [0.15, 0.2) is 24.3 Å². The minimum atomic E-state index is -0.753. The van der Waals surface area contributed by atoms with Crippen molar-refractivity contribution in [2.24, 2.45) is 11.8 Å². The van der Waals surface area contributed by atoms with Crippen LogP contribution in [0.4, 0.5) is 5.69 Å². The predicted octanol–water partition coefficient (Wildman–Crippen LogP) is 1.58. The summed E-state index contributed by atoms with van der Waals surface area (Å²) in [6.45, 7) is 7.95. The van der Waals surface area contributed by atoms with Crippen molar-refractivity contribution in [2.45, 2.75) is 59.2 Å². The topological polar surface area (TPSA) is 126 Å². The number of nitrogens with one attached hydrogen (secondary N) is 4. The van der Waals surface area contributed by atoms with Crippen LogP contribution in [0.5, 0.6) is 0 Å². The second kappa shape index (κ2) is 14.2. The summed E-state index contributed by atoms with van der Waals surface area (Å²) < 4.78 is 5.20. The molecule has 0 aromatic heterocycles. The normalized spacial score (nSPS) is 12.7. The highest BCUT2D eigenvalue weighted by atomic mass is 16.5. The van der Waals surface area contributed by atoms with Crippen molar-refractivity contribution in [2.75, 3.05) is 18.9 Å². The van der Waals surface area contributed by atoms with E-state index in [0.717, 1.165) is 5.56 Å². The quantitative estimate of drug-likeness (QED) is 0.195. The van der Waals surface area contributed by atoms with Crippen LogP contribution in [0.1, 0.15) is 46.1 Å². The molecule has 32 heavy (non-hydrogen) atoms. The predicted molar refractivity (Wildman–Crippen MR) is 123 cm³/mol. The Hall–Kier alpha value is -2.94. The number of anilines is 1.